The number of Topliss-reactive ketones (excluding diaryl/α,β-unsaturated/α-hetero) is 2. The van der Waals surface area contributed by atoms with Gasteiger partial charge >= 0.3 is 29.6 Å². The van der Waals surface area contributed by atoms with Crippen LogP contribution in [0.25, 0.3) is 10.8 Å². The summed E-state index contributed by atoms with van der Waals surface area (Å²) in [5.41, 5.74) is 0.140. The van der Waals surface area contributed by atoms with Gasteiger partial charge in [0.1, 0.15) is 0 Å². The molecule has 0 aliphatic heterocycles. The zero-order valence-corrected chi connectivity index (χ0v) is 17.8. The number of carbonyl (C=O) groups is 2. The van der Waals surface area contributed by atoms with E-state index in [1.54, 1.807) is 36.4 Å². The Morgan fingerprint density at radius 2 is 1.14 bits per heavy atom. The first-order valence-electron chi connectivity index (χ1n) is 7.47. The van der Waals surface area contributed by atoms with Crippen LogP contribution in [0.2, 0.25) is 0 Å². The van der Waals surface area contributed by atoms with E-state index in [4.69, 9.17) is 15.3 Å². The smallest absolute Gasteiger partial charge is 0.444 e. The molecule has 29 heavy (non-hydrogen) atoms. The maximum atomic E-state index is 11.3. The van der Waals surface area contributed by atoms with Gasteiger partial charge in [-0.1, -0.05) is 53.7 Å². The molecule has 1 aliphatic rings. The first-order valence-corrected chi connectivity index (χ1v) is 7.47. The molecule has 144 valence electrons. The van der Waals surface area contributed by atoms with Gasteiger partial charge in [-0.2, -0.15) is 0 Å². The van der Waals surface area contributed by atoms with E-state index in [1.165, 1.54) is 12.1 Å². The molecule has 1 N–H and O–H groups in total. The average Bonchev–Trinajstić information content (AvgIpc) is 3.10. The van der Waals surface area contributed by atoms with E-state index in [1.807, 2.05) is 0 Å². The van der Waals surface area contributed by atoms with Gasteiger partial charge in [0.15, 0.2) is 16.9 Å². The molecule has 4 rings (SSSR count). The van der Waals surface area contributed by atoms with E-state index < -0.39 is 16.2 Å². The minimum absolute atomic E-state index is 0. The average molecular weight is 427 g/mol. The fraction of sp³-hybridized carbons (Fsp3) is 0.0556. The van der Waals surface area contributed by atoms with Crippen LogP contribution < -0.4 is 45.8 Å². The molecule has 0 saturated carbocycles. The Bertz CT molecular complexity index is 1100. The van der Waals surface area contributed by atoms with Crippen LogP contribution in [0.15, 0.2) is 68.6 Å². The molecule has 0 aromatic heterocycles. The molecule has 0 spiro atoms. The van der Waals surface area contributed by atoms with Crippen molar-refractivity contribution in [1.29, 1.82) is 0 Å². The fourth-order valence-electron chi connectivity index (χ4n) is 2.63. The Morgan fingerprint density at radius 3 is 1.48 bits per heavy atom. The Kier molecular flexibility index (Phi) is 10.9. The molecule has 0 bridgehead atoms. The number of benzene rings is 2. The zero-order chi connectivity index (χ0) is 20.0. The number of halogens is 1. The van der Waals surface area contributed by atoms with Crippen LogP contribution in [0.4, 0.5) is 0 Å². The van der Waals surface area contributed by atoms with Crippen molar-refractivity contribution in [3.63, 3.8) is 0 Å². The van der Waals surface area contributed by atoms with Crippen molar-refractivity contribution in [2.24, 2.45) is 10.5 Å². The number of fused-ring (bicyclic) bond motifs is 2. The maximum absolute atomic E-state index is 11.3. The molecule has 0 fully saturated rings. The van der Waals surface area contributed by atoms with Crippen LogP contribution >= 0.6 is 12.4 Å². The molecule has 9 nitrogen and oxygen atoms in total. The Labute approximate surface area is 191 Å². The normalized spacial score (nSPS) is 10.9. The summed E-state index contributed by atoms with van der Waals surface area (Å²) in [6.45, 7) is 0. The van der Waals surface area contributed by atoms with Crippen LogP contribution in [0.3, 0.4) is 0 Å². The van der Waals surface area contributed by atoms with Gasteiger partial charge in [0, 0.05) is 21.9 Å². The molecule has 0 radical (unpaired) electrons. The summed E-state index contributed by atoms with van der Waals surface area (Å²) in [5.74, 6) is -0.101. The number of carbonyl (C=O) groups excluding carboxylic acids is 2. The summed E-state index contributed by atoms with van der Waals surface area (Å²) in [4.78, 5) is 52.8. The largest absolute Gasteiger partial charge is 1.00 e. The van der Waals surface area contributed by atoms with E-state index >= 15 is 0 Å². The Balaban J connectivity index is 0.000000453. The molecule has 3 aromatic carbocycles. The summed E-state index contributed by atoms with van der Waals surface area (Å²) in [6, 6.07) is 13.3. The second-order valence-corrected chi connectivity index (χ2v) is 5.30. The van der Waals surface area contributed by atoms with Crippen molar-refractivity contribution < 1.29 is 44.4 Å². The van der Waals surface area contributed by atoms with Gasteiger partial charge in [-0.3, -0.25) is 19.2 Å². The molecule has 0 amide bonds. The van der Waals surface area contributed by atoms with Crippen LogP contribution in [-0.2, 0) is 0 Å². The standard InChI is InChI=1S/C9H5NO3.C9H6O2.ClH.HNO2.Na/c11-8-5-3-1-2-4-6(5)9(12)7(8)10-13;10-8-5-9(11)7-4-2-1-3-6(7)8;;2-1-3;/h1-4,13H;1-4H,5H2;1H;(H,2,3);/q;;;;+1/p-1. The van der Waals surface area contributed by atoms with Crippen molar-refractivity contribution in [3.8, 4) is 0 Å². The van der Waals surface area contributed by atoms with Crippen molar-refractivity contribution in [2.45, 2.75) is 6.42 Å². The number of hydrogen-bond acceptors (Lipinski definition) is 9. The van der Waals surface area contributed by atoms with Gasteiger partial charge < -0.3 is 15.3 Å². The third-order valence-corrected chi connectivity index (χ3v) is 3.80. The first-order chi connectivity index (χ1) is 13.0. The van der Waals surface area contributed by atoms with Crippen LogP contribution in [0.1, 0.15) is 27.1 Å². The van der Waals surface area contributed by atoms with E-state index in [-0.39, 0.29) is 60.0 Å². The van der Waals surface area contributed by atoms with Gasteiger partial charge in [0.2, 0.25) is 10.9 Å². The third kappa shape index (κ3) is 5.64. The zero-order valence-electron chi connectivity index (χ0n) is 15.0. The molecule has 0 unspecified atom stereocenters. The molecule has 0 atom stereocenters. The topological polar surface area (TPSA) is 153 Å². The summed E-state index contributed by atoms with van der Waals surface area (Å²) >= 11 is 0. The maximum Gasteiger partial charge on any atom is 1.00 e. The van der Waals surface area contributed by atoms with Crippen LogP contribution in [0.5, 0.6) is 0 Å². The fourth-order valence-corrected chi connectivity index (χ4v) is 2.63. The molecular weight excluding hydrogens is 415 g/mol. The molecule has 0 heterocycles. The van der Waals surface area contributed by atoms with Crippen molar-refractivity contribution in [2.75, 3.05) is 0 Å². The first kappa shape index (κ1) is 26.3. The molecular formula is C18H12ClN2NaO7. The second-order valence-electron chi connectivity index (χ2n) is 5.30. The number of rotatable bonds is 0. The molecule has 0 saturated heterocycles. The molecule has 11 heteroatoms. The van der Waals surface area contributed by atoms with Gasteiger partial charge in [-0.05, 0) is 0 Å². The predicted molar refractivity (Wildman–Crippen MR) is 102 cm³/mol. The summed E-state index contributed by atoms with van der Waals surface area (Å²) in [7, 11) is 0. The van der Waals surface area contributed by atoms with Crippen LogP contribution in [0, 0.1) is 10.1 Å². The number of nitrogens with zero attached hydrogens (tertiary/aromatic N) is 2. The van der Waals surface area contributed by atoms with E-state index in [2.05, 4.69) is 5.16 Å². The minimum atomic E-state index is -0.511. The van der Waals surface area contributed by atoms with Gasteiger partial charge in [-0.25, -0.2) is 0 Å². The SMILES string of the molecule is Cl.O=C1CC(=O)c2ccccc21.O=N[O-].O=c1c(=NO)c(=O)c2ccccc12.[Na+]. The predicted octanol–water partition coefficient (Wildman–Crippen LogP) is -1.14. The van der Waals surface area contributed by atoms with E-state index in [0.29, 0.717) is 21.9 Å². The summed E-state index contributed by atoms with van der Waals surface area (Å²) in [6.07, 6.45) is 0.0549. The Hall–Kier alpha value is -2.72. The number of hydrogen-bond donors (Lipinski definition) is 1. The molecule has 1 aliphatic carbocycles. The van der Waals surface area contributed by atoms with Crippen molar-refractivity contribution in [1.82, 2.24) is 0 Å². The van der Waals surface area contributed by atoms with Gasteiger partial charge in [-0.15, -0.1) is 17.7 Å². The van der Waals surface area contributed by atoms with E-state index in [0.717, 1.165) is 5.34 Å². The van der Waals surface area contributed by atoms with Gasteiger partial charge in [0.25, 0.3) is 0 Å². The van der Waals surface area contributed by atoms with Crippen molar-refractivity contribution >= 4 is 34.7 Å². The number of ketones is 2. The van der Waals surface area contributed by atoms with Crippen LogP contribution in [-0.4, -0.2) is 16.8 Å². The minimum Gasteiger partial charge on any atom is -0.444 e. The molecule has 3 aromatic rings. The summed E-state index contributed by atoms with van der Waals surface area (Å²) in [5, 5.41) is 20.3. The quantitative estimate of drug-likeness (QED) is 0.157. The third-order valence-electron chi connectivity index (χ3n) is 3.80. The van der Waals surface area contributed by atoms with Gasteiger partial charge in [0.05, 0.1) is 6.42 Å². The summed E-state index contributed by atoms with van der Waals surface area (Å²) < 4.78 is 0. The second kappa shape index (κ2) is 12.0. The van der Waals surface area contributed by atoms with Crippen molar-refractivity contribution in [3.05, 3.63) is 95.6 Å². The monoisotopic (exact) mass is 426 g/mol. The Morgan fingerprint density at radius 1 is 0.793 bits per heavy atom. The van der Waals surface area contributed by atoms with E-state index in [9.17, 15) is 19.2 Å².